The molecule has 0 radical (unpaired) electrons. The summed E-state index contributed by atoms with van der Waals surface area (Å²) in [5.41, 5.74) is 7.33. The quantitative estimate of drug-likeness (QED) is 0.754. The smallest absolute Gasteiger partial charge is 0.404 e. The lowest BCUT2D eigenvalue weighted by Gasteiger charge is -2.10. The Labute approximate surface area is 121 Å². The number of rotatable bonds is 4. The van der Waals surface area contributed by atoms with Crippen molar-refractivity contribution in [3.63, 3.8) is 0 Å². The van der Waals surface area contributed by atoms with Gasteiger partial charge in [0.2, 0.25) is 0 Å². The topological polar surface area (TPSA) is 84.6 Å². The van der Waals surface area contributed by atoms with E-state index in [1.165, 1.54) is 6.07 Å². The summed E-state index contributed by atoms with van der Waals surface area (Å²) in [6.07, 6.45) is -1.14. The van der Waals surface area contributed by atoms with Gasteiger partial charge in [0, 0.05) is 18.3 Å². The van der Waals surface area contributed by atoms with Crippen molar-refractivity contribution in [2.24, 2.45) is 0 Å². The Hall–Kier alpha value is -2.76. The number of ether oxygens (including phenoxy) is 1. The molecule has 2 aromatic rings. The summed E-state index contributed by atoms with van der Waals surface area (Å²) in [6, 6.07) is 9.43. The van der Waals surface area contributed by atoms with Gasteiger partial charge in [-0.15, -0.1) is 0 Å². The van der Waals surface area contributed by atoms with Gasteiger partial charge in [0.1, 0.15) is 17.3 Å². The predicted octanol–water partition coefficient (Wildman–Crippen LogP) is 3.28. The van der Waals surface area contributed by atoms with E-state index in [0.717, 1.165) is 0 Å². The molecule has 2 rings (SSSR count). The van der Waals surface area contributed by atoms with Gasteiger partial charge >= 0.3 is 6.09 Å². The molecule has 0 heterocycles. The zero-order valence-corrected chi connectivity index (χ0v) is 11.4. The summed E-state index contributed by atoms with van der Waals surface area (Å²) in [4.78, 5) is 10.5. The van der Waals surface area contributed by atoms with Crippen molar-refractivity contribution in [2.75, 3.05) is 5.73 Å². The molecule has 5 nitrogen and oxygen atoms in total. The SMILES string of the molecule is Cc1ccc(Oc2ccc(N)c(CNC(=O)O)c2)cc1F. The number of halogens is 1. The minimum atomic E-state index is -1.14. The molecule has 1 amide bonds. The number of nitrogen functional groups attached to an aromatic ring is 1. The van der Waals surface area contributed by atoms with Gasteiger partial charge < -0.3 is 20.9 Å². The lowest BCUT2D eigenvalue weighted by atomic mass is 10.1. The molecule has 110 valence electrons. The number of hydrogen-bond acceptors (Lipinski definition) is 3. The van der Waals surface area contributed by atoms with E-state index in [2.05, 4.69) is 5.32 Å². The van der Waals surface area contributed by atoms with Crippen LogP contribution < -0.4 is 15.8 Å². The van der Waals surface area contributed by atoms with Crippen LogP contribution in [0.5, 0.6) is 11.5 Å². The van der Waals surface area contributed by atoms with Gasteiger partial charge in [-0.2, -0.15) is 0 Å². The maximum atomic E-state index is 13.5. The number of nitrogens with two attached hydrogens (primary N) is 1. The molecule has 0 atom stereocenters. The minimum Gasteiger partial charge on any atom is -0.465 e. The minimum absolute atomic E-state index is 0.0701. The molecule has 0 aromatic heterocycles. The second kappa shape index (κ2) is 6.13. The number of carbonyl (C=O) groups is 1. The number of hydrogen-bond donors (Lipinski definition) is 3. The zero-order chi connectivity index (χ0) is 15.4. The molecule has 2 aromatic carbocycles. The molecule has 0 saturated heterocycles. The van der Waals surface area contributed by atoms with Crippen LogP contribution in [-0.4, -0.2) is 11.2 Å². The summed E-state index contributed by atoms with van der Waals surface area (Å²) in [6.45, 7) is 1.73. The fraction of sp³-hybridized carbons (Fsp3) is 0.133. The first-order valence-electron chi connectivity index (χ1n) is 6.25. The summed E-state index contributed by atoms with van der Waals surface area (Å²) in [5.74, 6) is 0.463. The lowest BCUT2D eigenvalue weighted by molar-refractivity contribution is 0.194. The van der Waals surface area contributed by atoms with Gasteiger partial charge in [0.15, 0.2) is 0 Å². The number of benzene rings is 2. The van der Waals surface area contributed by atoms with Gasteiger partial charge in [-0.05, 0) is 42.3 Å². The largest absolute Gasteiger partial charge is 0.465 e. The fourth-order valence-electron chi connectivity index (χ4n) is 1.74. The van der Waals surface area contributed by atoms with Gasteiger partial charge in [-0.3, -0.25) is 0 Å². The Balaban J connectivity index is 2.18. The standard InChI is InChI=1S/C15H15FN2O3/c1-9-2-3-12(7-13(9)16)21-11-4-5-14(17)10(6-11)8-18-15(19)20/h2-7,18H,8,17H2,1H3,(H,19,20). The third-order valence-corrected chi connectivity index (χ3v) is 2.92. The highest BCUT2D eigenvalue weighted by atomic mass is 19.1. The number of carboxylic acid groups (broad SMARTS) is 1. The van der Waals surface area contributed by atoms with Crippen molar-refractivity contribution in [1.82, 2.24) is 5.32 Å². The monoisotopic (exact) mass is 290 g/mol. The Morgan fingerprint density at radius 2 is 1.95 bits per heavy atom. The molecule has 0 unspecified atom stereocenters. The molecule has 0 saturated carbocycles. The van der Waals surface area contributed by atoms with Crippen LogP contribution in [0, 0.1) is 12.7 Å². The molecule has 0 spiro atoms. The average Bonchev–Trinajstić information content (AvgIpc) is 2.43. The predicted molar refractivity (Wildman–Crippen MR) is 76.9 cm³/mol. The van der Waals surface area contributed by atoms with E-state index in [1.807, 2.05) is 0 Å². The zero-order valence-electron chi connectivity index (χ0n) is 11.4. The van der Waals surface area contributed by atoms with Crippen LogP contribution >= 0.6 is 0 Å². The number of anilines is 1. The van der Waals surface area contributed by atoms with Crippen LogP contribution in [0.4, 0.5) is 14.9 Å². The first kappa shape index (κ1) is 14.6. The molecule has 0 aliphatic carbocycles. The highest BCUT2D eigenvalue weighted by Gasteiger charge is 2.06. The van der Waals surface area contributed by atoms with Crippen molar-refractivity contribution in [3.8, 4) is 11.5 Å². The van der Waals surface area contributed by atoms with E-state index < -0.39 is 6.09 Å². The van der Waals surface area contributed by atoms with E-state index in [0.29, 0.717) is 28.3 Å². The Morgan fingerprint density at radius 3 is 2.62 bits per heavy atom. The Morgan fingerprint density at radius 1 is 1.29 bits per heavy atom. The number of aryl methyl sites for hydroxylation is 1. The van der Waals surface area contributed by atoms with Crippen LogP contribution in [0.25, 0.3) is 0 Å². The van der Waals surface area contributed by atoms with Gasteiger partial charge in [0.25, 0.3) is 0 Å². The van der Waals surface area contributed by atoms with Crippen LogP contribution in [0.3, 0.4) is 0 Å². The molecule has 0 aliphatic rings. The van der Waals surface area contributed by atoms with Crippen molar-refractivity contribution in [1.29, 1.82) is 0 Å². The Kier molecular flexibility index (Phi) is 4.27. The van der Waals surface area contributed by atoms with Crippen molar-refractivity contribution in [2.45, 2.75) is 13.5 Å². The third-order valence-electron chi connectivity index (χ3n) is 2.92. The van der Waals surface area contributed by atoms with E-state index in [-0.39, 0.29) is 12.4 Å². The van der Waals surface area contributed by atoms with Gasteiger partial charge in [-0.1, -0.05) is 6.07 Å². The molecule has 6 heteroatoms. The average molecular weight is 290 g/mol. The summed E-state index contributed by atoms with van der Waals surface area (Å²) in [7, 11) is 0. The Bertz CT molecular complexity index is 674. The van der Waals surface area contributed by atoms with E-state index in [1.54, 1.807) is 37.3 Å². The van der Waals surface area contributed by atoms with E-state index in [4.69, 9.17) is 15.6 Å². The van der Waals surface area contributed by atoms with E-state index in [9.17, 15) is 9.18 Å². The van der Waals surface area contributed by atoms with Crippen molar-refractivity contribution < 1.29 is 19.0 Å². The van der Waals surface area contributed by atoms with Crippen LogP contribution in [0.2, 0.25) is 0 Å². The normalized spacial score (nSPS) is 10.2. The first-order chi connectivity index (χ1) is 9.95. The fourth-order valence-corrected chi connectivity index (χ4v) is 1.74. The number of amides is 1. The molecule has 0 bridgehead atoms. The second-order valence-electron chi connectivity index (χ2n) is 4.53. The maximum absolute atomic E-state index is 13.5. The van der Waals surface area contributed by atoms with Gasteiger partial charge in [0.05, 0.1) is 0 Å². The van der Waals surface area contributed by atoms with Crippen LogP contribution in [0.1, 0.15) is 11.1 Å². The maximum Gasteiger partial charge on any atom is 0.404 e. The summed E-state index contributed by atoms with van der Waals surface area (Å²) >= 11 is 0. The molecule has 4 N–H and O–H groups in total. The van der Waals surface area contributed by atoms with Crippen LogP contribution in [0.15, 0.2) is 36.4 Å². The second-order valence-corrected chi connectivity index (χ2v) is 4.53. The molecule has 21 heavy (non-hydrogen) atoms. The first-order valence-corrected chi connectivity index (χ1v) is 6.25. The highest BCUT2D eigenvalue weighted by Crippen LogP contribution is 2.26. The number of nitrogens with one attached hydrogen (secondary N) is 1. The molecular formula is C15H15FN2O3. The third kappa shape index (κ3) is 3.85. The van der Waals surface area contributed by atoms with Crippen LogP contribution in [-0.2, 0) is 6.54 Å². The summed E-state index contributed by atoms with van der Waals surface area (Å²) < 4.78 is 19.0. The molecular weight excluding hydrogens is 275 g/mol. The highest BCUT2D eigenvalue weighted by molar-refractivity contribution is 5.65. The lowest BCUT2D eigenvalue weighted by Crippen LogP contribution is -2.20. The van der Waals surface area contributed by atoms with Crippen molar-refractivity contribution >= 4 is 11.8 Å². The summed E-state index contributed by atoms with van der Waals surface area (Å²) in [5, 5.41) is 10.8. The van der Waals surface area contributed by atoms with Gasteiger partial charge in [-0.25, -0.2) is 9.18 Å². The molecule has 0 aliphatic heterocycles. The molecule has 0 fully saturated rings. The van der Waals surface area contributed by atoms with Crippen molar-refractivity contribution in [3.05, 3.63) is 53.3 Å². The van der Waals surface area contributed by atoms with E-state index >= 15 is 0 Å².